The van der Waals surface area contributed by atoms with Gasteiger partial charge in [0.1, 0.15) is 6.54 Å². The topological polar surface area (TPSA) is 101 Å². The maximum atomic E-state index is 12.3. The molecule has 2 rings (SSSR count). The van der Waals surface area contributed by atoms with Crippen LogP contribution >= 0.6 is 0 Å². The molecule has 7 heteroatoms. The molecule has 0 radical (unpaired) electrons. The second-order valence-corrected chi connectivity index (χ2v) is 5.92. The summed E-state index contributed by atoms with van der Waals surface area (Å²) < 4.78 is 0. The van der Waals surface area contributed by atoms with Crippen LogP contribution in [0.1, 0.15) is 26.7 Å². The van der Waals surface area contributed by atoms with Crippen molar-refractivity contribution >= 4 is 23.6 Å². The summed E-state index contributed by atoms with van der Waals surface area (Å²) in [6.07, 6.45) is 1.38. The summed E-state index contributed by atoms with van der Waals surface area (Å²) in [6.45, 7) is 3.95. The molecule has 0 aliphatic carbocycles. The molecule has 0 bridgehead atoms. The van der Waals surface area contributed by atoms with Gasteiger partial charge in [0.2, 0.25) is 23.6 Å². The van der Waals surface area contributed by atoms with Crippen molar-refractivity contribution in [2.75, 3.05) is 19.6 Å². The summed E-state index contributed by atoms with van der Waals surface area (Å²) in [5.74, 6) is -2.43. The molecule has 2 aliphatic rings. The Balaban J connectivity index is 2.00. The number of nitrogens with zero attached hydrogens (tertiary/aromatic N) is 2. The van der Waals surface area contributed by atoms with Crippen LogP contribution in [-0.2, 0) is 19.2 Å². The van der Waals surface area contributed by atoms with Gasteiger partial charge in [-0.3, -0.25) is 24.1 Å². The third-order valence-corrected chi connectivity index (χ3v) is 4.53. The Bertz CT molecular complexity index is 471. The lowest BCUT2D eigenvalue weighted by Crippen LogP contribution is -2.48. The number of nitrogens with two attached hydrogens (primary N) is 1. The second kappa shape index (κ2) is 5.83. The molecule has 0 spiro atoms. The highest BCUT2D eigenvalue weighted by Crippen LogP contribution is 2.25. The first-order valence-corrected chi connectivity index (χ1v) is 7.25. The van der Waals surface area contributed by atoms with Crippen LogP contribution in [0.15, 0.2) is 0 Å². The summed E-state index contributed by atoms with van der Waals surface area (Å²) >= 11 is 0. The summed E-state index contributed by atoms with van der Waals surface area (Å²) in [5.41, 5.74) is 5.28. The van der Waals surface area contributed by atoms with Crippen molar-refractivity contribution in [1.29, 1.82) is 0 Å². The summed E-state index contributed by atoms with van der Waals surface area (Å²) in [6, 6.07) is 0. The van der Waals surface area contributed by atoms with E-state index in [2.05, 4.69) is 0 Å². The van der Waals surface area contributed by atoms with Crippen molar-refractivity contribution in [2.45, 2.75) is 26.7 Å². The smallest absolute Gasteiger partial charge is 0.242 e. The van der Waals surface area contributed by atoms with E-state index in [0.717, 1.165) is 4.90 Å². The van der Waals surface area contributed by atoms with Crippen LogP contribution in [0.2, 0.25) is 0 Å². The van der Waals surface area contributed by atoms with E-state index in [4.69, 9.17) is 5.73 Å². The average molecular weight is 295 g/mol. The molecule has 2 saturated heterocycles. The highest BCUT2D eigenvalue weighted by Gasteiger charge is 2.43. The number of rotatable bonds is 3. The number of hydrogen-bond acceptors (Lipinski definition) is 4. The summed E-state index contributed by atoms with van der Waals surface area (Å²) in [5, 5.41) is 0. The van der Waals surface area contributed by atoms with Crippen LogP contribution in [0.3, 0.4) is 0 Å². The van der Waals surface area contributed by atoms with Crippen LogP contribution in [0, 0.1) is 17.8 Å². The van der Waals surface area contributed by atoms with E-state index in [1.165, 1.54) is 4.90 Å². The number of piperidine rings is 1. The zero-order valence-electron chi connectivity index (χ0n) is 12.4. The Morgan fingerprint density at radius 1 is 1.19 bits per heavy atom. The van der Waals surface area contributed by atoms with Gasteiger partial charge in [0.25, 0.3) is 0 Å². The number of amides is 4. The van der Waals surface area contributed by atoms with Gasteiger partial charge in [-0.25, -0.2) is 0 Å². The van der Waals surface area contributed by atoms with Crippen molar-refractivity contribution in [3.63, 3.8) is 0 Å². The number of likely N-dealkylation sites (tertiary alicyclic amines) is 2. The Hall–Kier alpha value is -1.92. The molecule has 3 unspecified atom stereocenters. The van der Waals surface area contributed by atoms with Gasteiger partial charge in [-0.2, -0.15) is 0 Å². The quantitative estimate of drug-likeness (QED) is 0.699. The lowest BCUT2D eigenvalue weighted by molar-refractivity contribution is -0.147. The van der Waals surface area contributed by atoms with Crippen LogP contribution in [0.25, 0.3) is 0 Å². The molecule has 21 heavy (non-hydrogen) atoms. The molecule has 2 heterocycles. The highest BCUT2D eigenvalue weighted by atomic mass is 16.2. The molecule has 4 amide bonds. The molecule has 0 saturated carbocycles. The van der Waals surface area contributed by atoms with Crippen molar-refractivity contribution in [3.8, 4) is 0 Å². The molecule has 3 atom stereocenters. The molecule has 0 aromatic rings. The molecule has 2 N–H and O–H groups in total. The lowest BCUT2D eigenvalue weighted by atomic mass is 9.97. The van der Waals surface area contributed by atoms with Gasteiger partial charge in [0.15, 0.2) is 0 Å². The number of carbonyl (C=O) groups is 4. The fourth-order valence-corrected chi connectivity index (χ4v) is 2.85. The van der Waals surface area contributed by atoms with E-state index in [9.17, 15) is 19.2 Å². The number of imide groups is 1. The SMILES string of the molecule is CC1C(=O)N(CC(=O)N2CCCC(C(N)=O)C2)C(=O)C1C. The molecule has 0 aromatic heterocycles. The van der Waals surface area contributed by atoms with Gasteiger partial charge in [-0.15, -0.1) is 0 Å². The van der Waals surface area contributed by atoms with E-state index in [1.54, 1.807) is 13.8 Å². The highest BCUT2D eigenvalue weighted by molar-refractivity contribution is 6.06. The molecule has 2 fully saturated rings. The van der Waals surface area contributed by atoms with Crippen LogP contribution in [-0.4, -0.2) is 53.1 Å². The Labute approximate surface area is 123 Å². The first kappa shape index (κ1) is 15.5. The molecule has 0 aromatic carbocycles. The molecular formula is C14H21N3O4. The molecule has 2 aliphatic heterocycles. The number of primary amides is 1. The number of hydrogen-bond donors (Lipinski definition) is 1. The predicted molar refractivity (Wildman–Crippen MR) is 73.5 cm³/mol. The maximum Gasteiger partial charge on any atom is 0.242 e. The molecule has 116 valence electrons. The zero-order valence-corrected chi connectivity index (χ0v) is 12.4. The normalized spacial score (nSPS) is 29.9. The van der Waals surface area contributed by atoms with Crippen molar-refractivity contribution in [1.82, 2.24) is 9.80 Å². The number of carbonyl (C=O) groups excluding carboxylic acids is 4. The van der Waals surface area contributed by atoms with E-state index in [0.29, 0.717) is 19.4 Å². The van der Waals surface area contributed by atoms with Crippen LogP contribution in [0.4, 0.5) is 0 Å². The van der Waals surface area contributed by atoms with Gasteiger partial charge >= 0.3 is 0 Å². The Morgan fingerprint density at radius 3 is 2.29 bits per heavy atom. The second-order valence-electron chi connectivity index (χ2n) is 5.92. The Kier molecular flexibility index (Phi) is 4.29. The first-order chi connectivity index (χ1) is 9.82. The Morgan fingerprint density at radius 2 is 1.76 bits per heavy atom. The molecule has 7 nitrogen and oxygen atoms in total. The van der Waals surface area contributed by atoms with Gasteiger partial charge in [-0.1, -0.05) is 13.8 Å². The average Bonchev–Trinajstić information content (AvgIpc) is 2.65. The zero-order chi connectivity index (χ0) is 15.7. The third-order valence-electron chi connectivity index (χ3n) is 4.53. The summed E-state index contributed by atoms with van der Waals surface area (Å²) in [7, 11) is 0. The fourth-order valence-electron chi connectivity index (χ4n) is 2.85. The van der Waals surface area contributed by atoms with Crippen LogP contribution in [0.5, 0.6) is 0 Å². The minimum Gasteiger partial charge on any atom is -0.369 e. The van der Waals surface area contributed by atoms with Crippen molar-refractivity contribution < 1.29 is 19.2 Å². The van der Waals surface area contributed by atoms with Crippen LogP contribution < -0.4 is 5.73 Å². The summed E-state index contributed by atoms with van der Waals surface area (Å²) in [4.78, 5) is 50.0. The van der Waals surface area contributed by atoms with E-state index in [1.807, 2.05) is 0 Å². The monoisotopic (exact) mass is 295 g/mol. The minimum absolute atomic E-state index is 0.238. The van der Waals surface area contributed by atoms with Gasteiger partial charge < -0.3 is 10.6 Å². The standard InChI is InChI=1S/C14H21N3O4/c1-8-9(2)14(21)17(13(8)20)7-11(18)16-5-3-4-10(6-16)12(15)19/h8-10H,3-7H2,1-2H3,(H2,15,19). The molecular weight excluding hydrogens is 274 g/mol. The van der Waals surface area contributed by atoms with E-state index >= 15 is 0 Å². The van der Waals surface area contributed by atoms with Gasteiger partial charge in [0, 0.05) is 24.9 Å². The fraction of sp³-hybridized carbons (Fsp3) is 0.714. The third kappa shape index (κ3) is 2.91. The first-order valence-electron chi connectivity index (χ1n) is 7.25. The van der Waals surface area contributed by atoms with E-state index < -0.39 is 5.91 Å². The van der Waals surface area contributed by atoms with Gasteiger partial charge in [-0.05, 0) is 12.8 Å². The van der Waals surface area contributed by atoms with E-state index in [-0.39, 0.29) is 48.6 Å². The predicted octanol–water partition coefficient (Wildman–Crippen LogP) is -0.649. The van der Waals surface area contributed by atoms with Crippen molar-refractivity contribution in [2.24, 2.45) is 23.5 Å². The lowest BCUT2D eigenvalue weighted by Gasteiger charge is -2.32. The van der Waals surface area contributed by atoms with Gasteiger partial charge in [0.05, 0.1) is 5.92 Å². The van der Waals surface area contributed by atoms with Crippen molar-refractivity contribution in [3.05, 3.63) is 0 Å². The minimum atomic E-state index is -0.414. The largest absolute Gasteiger partial charge is 0.369 e. The maximum absolute atomic E-state index is 12.3.